The number of halogens is 4. The number of carbonyl (C=O) groups excluding carboxylic acids is 1. The molecule has 0 bridgehead atoms. The number of aromatic nitrogens is 2. The minimum Gasteiger partial charge on any atom is -0.304 e. The van der Waals surface area contributed by atoms with E-state index in [9.17, 15) is 9.18 Å². The molecular formula is C17H11Cl3FN3O. The first-order chi connectivity index (χ1) is 11.9. The van der Waals surface area contributed by atoms with Crippen LogP contribution >= 0.6 is 34.8 Å². The number of benzene rings is 2. The molecule has 3 aromatic rings. The monoisotopic (exact) mass is 397 g/mol. The van der Waals surface area contributed by atoms with E-state index < -0.39 is 5.91 Å². The lowest BCUT2D eigenvalue weighted by atomic mass is 10.2. The van der Waals surface area contributed by atoms with E-state index in [1.165, 1.54) is 12.1 Å². The van der Waals surface area contributed by atoms with E-state index in [4.69, 9.17) is 34.8 Å². The highest BCUT2D eigenvalue weighted by Gasteiger charge is 2.16. The largest absolute Gasteiger partial charge is 0.304 e. The highest BCUT2D eigenvalue weighted by Crippen LogP contribution is 2.27. The van der Waals surface area contributed by atoms with Crippen LogP contribution in [-0.4, -0.2) is 15.7 Å². The highest BCUT2D eigenvalue weighted by atomic mass is 35.5. The first-order valence-electron chi connectivity index (χ1n) is 7.17. The van der Waals surface area contributed by atoms with E-state index in [2.05, 4.69) is 10.4 Å². The maximum Gasteiger partial charge on any atom is 0.258 e. The molecule has 3 rings (SSSR count). The van der Waals surface area contributed by atoms with Crippen molar-refractivity contribution in [2.75, 3.05) is 5.32 Å². The average molecular weight is 399 g/mol. The zero-order valence-corrected chi connectivity index (χ0v) is 14.9. The summed E-state index contributed by atoms with van der Waals surface area (Å²) >= 11 is 18.1. The summed E-state index contributed by atoms with van der Waals surface area (Å²) in [5.74, 6) is -0.583. The molecule has 0 aliphatic rings. The van der Waals surface area contributed by atoms with Gasteiger partial charge < -0.3 is 5.32 Å². The Kier molecular flexibility index (Phi) is 5.27. The second-order valence-corrected chi connectivity index (χ2v) is 6.40. The third kappa shape index (κ3) is 4.12. The van der Waals surface area contributed by atoms with Crippen molar-refractivity contribution in [3.63, 3.8) is 0 Å². The maximum absolute atomic E-state index is 12.9. The van der Waals surface area contributed by atoms with Gasteiger partial charge in [-0.1, -0.05) is 53.0 Å². The number of carbonyl (C=O) groups is 1. The second kappa shape index (κ2) is 7.44. The first kappa shape index (κ1) is 17.7. The smallest absolute Gasteiger partial charge is 0.258 e. The van der Waals surface area contributed by atoms with Crippen molar-refractivity contribution in [2.45, 2.75) is 6.54 Å². The fourth-order valence-electron chi connectivity index (χ4n) is 2.19. The van der Waals surface area contributed by atoms with Crippen molar-refractivity contribution in [3.05, 3.63) is 80.7 Å². The molecule has 0 saturated heterocycles. The second-order valence-electron chi connectivity index (χ2n) is 5.21. The van der Waals surface area contributed by atoms with Gasteiger partial charge in [-0.25, -0.2) is 4.39 Å². The van der Waals surface area contributed by atoms with Crippen LogP contribution in [-0.2, 0) is 6.54 Å². The van der Waals surface area contributed by atoms with E-state index in [0.29, 0.717) is 6.54 Å². The molecule has 128 valence electrons. The molecule has 4 nitrogen and oxygen atoms in total. The van der Waals surface area contributed by atoms with Gasteiger partial charge in [-0.05, 0) is 29.8 Å². The summed E-state index contributed by atoms with van der Waals surface area (Å²) in [7, 11) is 0. The Balaban J connectivity index is 1.77. The van der Waals surface area contributed by atoms with Gasteiger partial charge in [-0.15, -0.1) is 0 Å². The number of hydrogen-bond acceptors (Lipinski definition) is 2. The SMILES string of the molecule is O=C(Nc1nn(Cc2ccc(F)cc2)cc1Cl)c1cccc(Cl)c1Cl. The molecule has 8 heteroatoms. The number of amides is 1. The van der Waals surface area contributed by atoms with Gasteiger partial charge in [0.1, 0.15) is 10.8 Å². The molecular weight excluding hydrogens is 388 g/mol. The Morgan fingerprint density at radius 2 is 1.80 bits per heavy atom. The Labute approximate surface area is 158 Å². The molecule has 0 fully saturated rings. The van der Waals surface area contributed by atoms with Crippen LogP contribution in [0.2, 0.25) is 15.1 Å². The lowest BCUT2D eigenvalue weighted by Crippen LogP contribution is -2.13. The van der Waals surface area contributed by atoms with Gasteiger partial charge in [0, 0.05) is 6.20 Å². The Hall–Kier alpha value is -2.08. The molecule has 25 heavy (non-hydrogen) atoms. The summed E-state index contributed by atoms with van der Waals surface area (Å²) in [6.45, 7) is 0.383. The van der Waals surface area contributed by atoms with Crippen LogP contribution in [0.15, 0.2) is 48.7 Å². The fraction of sp³-hybridized carbons (Fsp3) is 0.0588. The Bertz CT molecular complexity index is 925. The molecule has 0 atom stereocenters. The minimum atomic E-state index is -0.471. The summed E-state index contributed by atoms with van der Waals surface area (Å²) in [5, 5.41) is 7.54. The number of nitrogens with zero attached hydrogens (tertiary/aromatic N) is 2. The first-order valence-corrected chi connectivity index (χ1v) is 8.30. The van der Waals surface area contributed by atoms with Crippen LogP contribution in [0.3, 0.4) is 0 Å². The van der Waals surface area contributed by atoms with Gasteiger partial charge in [0.15, 0.2) is 5.82 Å². The van der Waals surface area contributed by atoms with Crippen molar-refractivity contribution in [2.24, 2.45) is 0 Å². The predicted octanol–water partition coefficient (Wildman–Crippen LogP) is 5.28. The van der Waals surface area contributed by atoms with E-state index >= 15 is 0 Å². The molecule has 0 saturated carbocycles. The zero-order valence-electron chi connectivity index (χ0n) is 12.6. The van der Waals surface area contributed by atoms with Crippen molar-refractivity contribution in [3.8, 4) is 0 Å². The van der Waals surface area contributed by atoms with E-state index in [0.717, 1.165) is 5.56 Å². The standard InChI is InChI=1S/C17H11Cl3FN3O/c18-13-3-1-2-12(15(13)20)17(25)22-16-14(19)9-24(23-16)8-10-4-6-11(21)7-5-10/h1-7,9H,8H2,(H,22,23,25). The number of nitrogens with one attached hydrogen (secondary N) is 1. The van der Waals surface area contributed by atoms with Crippen LogP contribution < -0.4 is 5.32 Å². The molecule has 2 aromatic carbocycles. The number of anilines is 1. The van der Waals surface area contributed by atoms with Crippen molar-refractivity contribution >= 4 is 46.5 Å². The molecule has 0 aliphatic carbocycles. The fourth-order valence-corrected chi connectivity index (χ4v) is 2.78. The molecule has 1 aromatic heterocycles. The third-order valence-electron chi connectivity index (χ3n) is 3.40. The normalized spacial score (nSPS) is 10.7. The summed E-state index contributed by atoms with van der Waals surface area (Å²) in [6.07, 6.45) is 1.57. The predicted molar refractivity (Wildman–Crippen MR) is 97.2 cm³/mol. The van der Waals surface area contributed by atoms with Crippen LogP contribution in [0.5, 0.6) is 0 Å². The maximum atomic E-state index is 12.9. The number of hydrogen-bond donors (Lipinski definition) is 1. The molecule has 1 amide bonds. The van der Waals surface area contributed by atoms with Crippen LogP contribution in [0.4, 0.5) is 10.2 Å². The highest BCUT2D eigenvalue weighted by molar-refractivity contribution is 6.44. The van der Waals surface area contributed by atoms with Gasteiger partial charge in [0.05, 0.1) is 22.2 Å². The lowest BCUT2D eigenvalue weighted by Gasteiger charge is -2.06. The molecule has 0 unspecified atom stereocenters. The van der Waals surface area contributed by atoms with Gasteiger partial charge in [0.2, 0.25) is 0 Å². The average Bonchev–Trinajstić information content (AvgIpc) is 2.91. The van der Waals surface area contributed by atoms with Gasteiger partial charge >= 0.3 is 0 Å². The van der Waals surface area contributed by atoms with E-state index in [1.54, 1.807) is 41.2 Å². The van der Waals surface area contributed by atoms with Gasteiger partial charge in [-0.3, -0.25) is 9.48 Å². The van der Waals surface area contributed by atoms with E-state index in [1.807, 2.05) is 0 Å². The van der Waals surface area contributed by atoms with Crippen molar-refractivity contribution in [1.82, 2.24) is 9.78 Å². The third-order valence-corrected chi connectivity index (χ3v) is 4.50. The van der Waals surface area contributed by atoms with Crippen molar-refractivity contribution in [1.29, 1.82) is 0 Å². The molecule has 1 N–H and O–H groups in total. The topological polar surface area (TPSA) is 46.9 Å². The summed E-state index contributed by atoms with van der Waals surface area (Å²) < 4.78 is 14.5. The zero-order chi connectivity index (χ0) is 18.0. The summed E-state index contributed by atoms with van der Waals surface area (Å²) in [4.78, 5) is 12.3. The Morgan fingerprint density at radius 3 is 2.52 bits per heavy atom. The molecule has 1 heterocycles. The molecule has 0 aliphatic heterocycles. The van der Waals surface area contributed by atoms with Crippen molar-refractivity contribution < 1.29 is 9.18 Å². The van der Waals surface area contributed by atoms with Gasteiger partial charge in [0.25, 0.3) is 5.91 Å². The van der Waals surface area contributed by atoms with Gasteiger partial charge in [-0.2, -0.15) is 5.10 Å². The quantitative estimate of drug-likeness (QED) is 0.649. The van der Waals surface area contributed by atoms with Crippen LogP contribution in [0, 0.1) is 5.82 Å². The Morgan fingerprint density at radius 1 is 1.08 bits per heavy atom. The minimum absolute atomic E-state index is 0.156. The van der Waals surface area contributed by atoms with Crippen LogP contribution in [0.1, 0.15) is 15.9 Å². The van der Waals surface area contributed by atoms with Crippen LogP contribution in [0.25, 0.3) is 0 Å². The molecule has 0 spiro atoms. The summed E-state index contributed by atoms with van der Waals surface area (Å²) in [6, 6.07) is 10.8. The lowest BCUT2D eigenvalue weighted by molar-refractivity contribution is 0.102. The van der Waals surface area contributed by atoms with E-state index in [-0.39, 0.29) is 32.3 Å². The number of rotatable bonds is 4. The summed E-state index contributed by atoms with van der Waals surface area (Å²) in [5.41, 5.74) is 1.06. The molecule has 0 radical (unpaired) electrons.